The molecule has 1 aromatic carbocycles. The molecule has 0 bridgehead atoms. The number of nitrogens with two attached hydrogens (primary N) is 2. The van der Waals surface area contributed by atoms with Gasteiger partial charge in [0, 0.05) is 11.0 Å². The van der Waals surface area contributed by atoms with Crippen molar-refractivity contribution in [3.05, 3.63) is 28.2 Å². The quantitative estimate of drug-likeness (QED) is 0.842. The van der Waals surface area contributed by atoms with Gasteiger partial charge in [0.25, 0.3) is 5.91 Å². The predicted molar refractivity (Wildman–Crippen MR) is 57.2 cm³/mol. The van der Waals surface area contributed by atoms with Crippen LogP contribution >= 0.6 is 15.9 Å². The number of carbonyl (C=O) groups is 1. The summed E-state index contributed by atoms with van der Waals surface area (Å²) >= 11 is 3.27. The van der Waals surface area contributed by atoms with Gasteiger partial charge in [-0.15, -0.1) is 0 Å². The average Bonchev–Trinajstić information content (AvgIpc) is 2.14. The van der Waals surface area contributed by atoms with Crippen LogP contribution in [0, 0.1) is 0 Å². The van der Waals surface area contributed by atoms with Gasteiger partial charge < -0.3 is 16.2 Å². The first-order chi connectivity index (χ1) is 6.65. The molecule has 0 spiro atoms. The molecule has 0 aliphatic carbocycles. The number of ether oxygens (including phenoxy) is 1. The molecule has 0 heterocycles. The summed E-state index contributed by atoms with van der Waals surface area (Å²) < 4.78 is 6.10. The van der Waals surface area contributed by atoms with E-state index in [1.807, 2.05) is 0 Å². The van der Waals surface area contributed by atoms with Crippen LogP contribution in [0.4, 0.5) is 0 Å². The van der Waals surface area contributed by atoms with E-state index < -0.39 is 5.91 Å². The molecule has 1 amide bonds. The van der Waals surface area contributed by atoms with Gasteiger partial charge in [-0.05, 0) is 18.2 Å². The van der Waals surface area contributed by atoms with Crippen molar-refractivity contribution in [1.29, 1.82) is 0 Å². The highest BCUT2D eigenvalue weighted by molar-refractivity contribution is 9.10. The fraction of sp³-hybridized carbons (Fsp3) is 0.222. The Morgan fingerprint density at radius 1 is 1.50 bits per heavy atom. The van der Waals surface area contributed by atoms with E-state index >= 15 is 0 Å². The van der Waals surface area contributed by atoms with Crippen LogP contribution in [0.5, 0.6) is 5.75 Å². The molecular formula is C9H11BrN2O2. The Bertz CT molecular complexity index is 342. The van der Waals surface area contributed by atoms with Crippen molar-refractivity contribution in [3.8, 4) is 5.75 Å². The van der Waals surface area contributed by atoms with Gasteiger partial charge in [-0.2, -0.15) is 0 Å². The van der Waals surface area contributed by atoms with Gasteiger partial charge >= 0.3 is 0 Å². The van der Waals surface area contributed by atoms with E-state index in [0.717, 1.165) is 4.47 Å². The van der Waals surface area contributed by atoms with E-state index in [2.05, 4.69) is 15.9 Å². The van der Waals surface area contributed by atoms with Crippen molar-refractivity contribution in [1.82, 2.24) is 0 Å². The smallest absolute Gasteiger partial charge is 0.252 e. The van der Waals surface area contributed by atoms with E-state index in [4.69, 9.17) is 16.2 Å². The highest BCUT2D eigenvalue weighted by atomic mass is 79.9. The minimum Gasteiger partial charge on any atom is -0.491 e. The average molecular weight is 259 g/mol. The zero-order valence-corrected chi connectivity index (χ0v) is 9.08. The van der Waals surface area contributed by atoms with Crippen molar-refractivity contribution in [2.75, 3.05) is 13.2 Å². The summed E-state index contributed by atoms with van der Waals surface area (Å²) in [5, 5.41) is 0. The lowest BCUT2D eigenvalue weighted by Crippen LogP contribution is -2.16. The van der Waals surface area contributed by atoms with E-state index in [1.165, 1.54) is 0 Å². The number of hydrogen-bond acceptors (Lipinski definition) is 3. The number of amides is 1. The molecule has 0 saturated carbocycles. The molecule has 0 aliphatic heterocycles. The molecule has 0 radical (unpaired) electrons. The molecule has 0 fully saturated rings. The number of primary amides is 1. The second kappa shape index (κ2) is 4.97. The monoisotopic (exact) mass is 258 g/mol. The first kappa shape index (κ1) is 11.0. The van der Waals surface area contributed by atoms with Crippen LogP contribution in [0.15, 0.2) is 22.7 Å². The van der Waals surface area contributed by atoms with E-state index in [0.29, 0.717) is 24.5 Å². The number of carbonyl (C=O) groups excluding carboxylic acids is 1. The molecule has 0 unspecified atom stereocenters. The van der Waals surface area contributed by atoms with E-state index in [9.17, 15) is 4.79 Å². The molecule has 0 aliphatic rings. The first-order valence-electron chi connectivity index (χ1n) is 4.07. The van der Waals surface area contributed by atoms with Crippen LogP contribution < -0.4 is 16.2 Å². The maximum Gasteiger partial charge on any atom is 0.252 e. The number of benzene rings is 1. The lowest BCUT2D eigenvalue weighted by Gasteiger charge is -2.08. The highest BCUT2D eigenvalue weighted by Crippen LogP contribution is 2.23. The van der Waals surface area contributed by atoms with Crippen LogP contribution in [0.1, 0.15) is 10.4 Å². The van der Waals surface area contributed by atoms with Gasteiger partial charge in [-0.25, -0.2) is 0 Å². The van der Waals surface area contributed by atoms with Gasteiger partial charge in [0.1, 0.15) is 12.4 Å². The summed E-state index contributed by atoms with van der Waals surface area (Å²) in [7, 11) is 0. The van der Waals surface area contributed by atoms with E-state index in [-0.39, 0.29) is 0 Å². The van der Waals surface area contributed by atoms with Gasteiger partial charge in [-0.3, -0.25) is 4.79 Å². The Balaban J connectivity index is 2.97. The third kappa shape index (κ3) is 2.71. The molecule has 0 saturated heterocycles. The maximum absolute atomic E-state index is 11.0. The number of rotatable bonds is 4. The van der Waals surface area contributed by atoms with E-state index in [1.54, 1.807) is 18.2 Å². The molecule has 76 valence electrons. The summed E-state index contributed by atoms with van der Waals surface area (Å²) in [6, 6.07) is 5.03. The van der Waals surface area contributed by atoms with Crippen molar-refractivity contribution in [3.63, 3.8) is 0 Å². The predicted octanol–water partition coefficient (Wildman–Crippen LogP) is 0.885. The third-order valence-electron chi connectivity index (χ3n) is 1.58. The lowest BCUT2D eigenvalue weighted by molar-refractivity contribution is 0.0996. The molecule has 0 atom stereocenters. The lowest BCUT2D eigenvalue weighted by atomic mass is 10.2. The van der Waals surface area contributed by atoms with Crippen molar-refractivity contribution >= 4 is 21.8 Å². The van der Waals surface area contributed by atoms with Gasteiger partial charge in [0.15, 0.2) is 0 Å². The fourth-order valence-corrected chi connectivity index (χ4v) is 1.33. The van der Waals surface area contributed by atoms with Gasteiger partial charge in [0.05, 0.1) is 5.56 Å². The minimum atomic E-state index is -0.510. The summed E-state index contributed by atoms with van der Waals surface area (Å²) in [6.07, 6.45) is 0. The highest BCUT2D eigenvalue weighted by Gasteiger charge is 2.09. The van der Waals surface area contributed by atoms with Crippen LogP contribution in [0.25, 0.3) is 0 Å². The Hall–Kier alpha value is -1.07. The van der Waals surface area contributed by atoms with Crippen molar-refractivity contribution in [2.45, 2.75) is 0 Å². The Kier molecular flexibility index (Phi) is 3.91. The Labute approximate surface area is 90.3 Å². The summed E-state index contributed by atoms with van der Waals surface area (Å²) in [4.78, 5) is 11.0. The van der Waals surface area contributed by atoms with Crippen LogP contribution in [-0.4, -0.2) is 19.1 Å². The first-order valence-corrected chi connectivity index (χ1v) is 4.86. The summed E-state index contributed by atoms with van der Waals surface area (Å²) in [5.41, 5.74) is 10.8. The molecule has 0 aromatic heterocycles. The Morgan fingerprint density at radius 2 is 2.21 bits per heavy atom. The van der Waals surface area contributed by atoms with Gasteiger partial charge in [0.2, 0.25) is 0 Å². The van der Waals surface area contributed by atoms with Crippen LogP contribution in [0.3, 0.4) is 0 Å². The minimum absolute atomic E-state index is 0.358. The molecule has 4 N–H and O–H groups in total. The number of halogens is 1. The maximum atomic E-state index is 11.0. The van der Waals surface area contributed by atoms with Gasteiger partial charge in [-0.1, -0.05) is 15.9 Å². The fourth-order valence-electron chi connectivity index (χ4n) is 0.988. The van der Waals surface area contributed by atoms with Crippen molar-refractivity contribution < 1.29 is 9.53 Å². The summed E-state index contributed by atoms with van der Waals surface area (Å²) in [6.45, 7) is 0.751. The SMILES string of the molecule is NCCOc1cc(Br)ccc1C(N)=O. The Morgan fingerprint density at radius 3 is 2.79 bits per heavy atom. The molecule has 1 aromatic rings. The molecular weight excluding hydrogens is 248 g/mol. The molecule has 4 nitrogen and oxygen atoms in total. The third-order valence-corrected chi connectivity index (χ3v) is 2.08. The zero-order valence-electron chi connectivity index (χ0n) is 7.50. The standard InChI is InChI=1S/C9H11BrN2O2/c10-6-1-2-7(9(12)13)8(5-6)14-4-3-11/h1-2,5H,3-4,11H2,(H2,12,13). The zero-order chi connectivity index (χ0) is 10.6. The molecule has 1 rings (SSSR count). The summed E-state index contributed by atoms with van der Waals surface area (Å²) in [5.74, 6) is -0.0538. The van der Waals surface area contributed by atoms with Crippen LogP contribution in [-0.2, 0) is 0 Å². The van der Waals surface area contributed by atoms with Crippen molar-refractivity contribution in [2.24, 2.45) is 11.5 Å². The second-order valence-electron chi connectivity index (χ2n) is 2.64. The topological polar surface area (TPSA) is 78.3 Å². The second-order valence-corrected chi connectivity index (χ2v) is 3.56. The molecule has 14 heavy (non-hydrogen) atoms. The number of hydrogen-bond donors (Lipinski definition) is 2. The largest absolute Gasteiger partial charge is 0.491 e. The van der Waals surface area contributed by atoms with Crippen LogP contribution in [0.2, 0.25) is 0 Å². The molecule has 5 heteroatoms. The normalized spacial score (nSPS) is 9.86.